The van der Waals surface area contributed by atoms with Gasteiger partial charge in [-0.05, 0) is 35.9 Å². The molecule has 2 N–H and O–H groups in total. The fraction of sp³-hybridized carbons (Fsp3) is 0.222. The van der Waals surface area contributed by atoms with Crippen molar-refractivity contribution in [3.05, 3.63) is 59.1 Å². The summed E-state index contributed by atoms with van der Waals surface area (Å²) in [6, 6.07) is 14.3. The summed E-state index contributed by atoms with van der Waals surface area (Å²) >= 11 is 5.87. The molecule has 1 fully saturated rings. The Morgan fingerprint density at radius 2 is 2.04 bits per heavy atom. The Bertz CT molecular complexity index is 779. The number of hydrogen-bond donors (Lipinski definition) is 2. The molecule has 0 aromatic heterocycles. The summed E-state index contributed by atoms with van der Waals surface area (Å²) in [4.78, 5) is 27.4. The molecule has 0 radical (unpaired) electrons. The van der Waals surface area contributed by atoms with Crippen LogP contribution in [0.1, 0.15) is 5.56 Å². The number of hydrogen-bond acceptors (Lipinski definition) is 2. The van der Waals surface area contributed by atoms with Crippen molar-refractivity contribution < 1.29 is 9.59 Å². The molecule has 0 saturated carbocycles. The van der Waals surface area contributed by atoms with Crippen LogP contribution in [0.25, 0.3) is 0 Å². The van der Waals surface area contributed by atoms with Crippen LogP contribution in [0.4, 0.5) is 21.0 Å². The normalized spacial score (nSPS) is 13.5. The molecule has 0 atom stereocenters. The fourth-order valence-corrected chi connectivity index (χ4v) is 2.75. The third-order valence-corrected chi connectivity index (χ3v) is 4.20. The van der Waals surface area contributed by atoms with Crippen LogP contribution >= 0.6 is 11.6 Å². The largest absolute Gasteiger partial charge is 0.336 e. The van der Waals surface area contributed by atoms with E-state index >= 15 is 0 Å². The predicted molar refractivity (Wildman–Crippen MR) is 99.1 cm³/mol. The minimum atomic E-state index is -0.224. The number of amides is 4. The van der Waals surface area contributed by atoms with E-state index in [0.717, 1.165) is 11.3 Å². The average Bonchev–Trinajstić information content (AvgIpc) is 3.03. The molecule has 1 aliphatic rings. The maximum absolute atomic E-state index is 12.4. The van der Waals surface area contributed by atoms with Crippen LogP contribution in [0.2, 0.25) is 5.02 Å². The minimum Gasteiger partial charge on any atom is -0.336 e. The summed E-state index contributed by atoms with van der Waals surface area (Å²) in [6.45, 7) is 1.71. The number of rotatable bonds is 4. The van der Waals surface area contributed by atoms with E-state index in [2.05, 4.69) is 10.6 Å². The first kappa shape index (κ1) is 17.1. The van der Waals surface area contributed by atoms with Gasteiger partial charge in [-0.25, -0.2) is 9.59 Å². The number of nitrogens with one attached hydrogen (secondary N) is 2. The van der Waals surface area contributed by atoms with Crippen LogP contribution < -0.4 is 15.5 Å². The van der Waals surface area contributed by atoms with Crippen LogP contribution in [0.3, 0.4) is 0 Å². The Morgan fingerprint density at radius 1 is 1.28 bits per heavy atom. The molecule has 0 bridgehead atoms. The molecule has 6 nitrogen and oxygen atoms in total. The maximum atomic E-state index is 12.4. The Morgan fingerprint density at radius 3 is 2.72 bits per heavy atom. The van der Waals surface area contributed by atoms with Crippen LogP contribution in [0.15, 0.2) is 48.5 Å². The summed E-state index contributed by atoms with van der Waals surface area (Å²) in [6.07, 6.45) is 0. The van der Waals surface area contributed by atoms with Crippen LogP contribution in [-0.4, -0.2) is 37.1 Å². The SMILES string of the molecule is CN(Cc1ccc(Cl)cc1)C(=O)Nc1cccc(N2CCNC2=O)c1. The molecule has 0 unspecified atom stereocenters. The molecular weight excluding hydrogens is 340 g/mol. The van der Waals surface area contributed by atoms with Crippen molar-refractivity contribution in [3.63, 3.8) is 0 Å². The number of anilines is 2. The molecule has 2 aromatic rings. The Kier molecular flexibility index (Phi) is 5.09. The lowest BCUT2D eigenvalue weighted by molar-refractivity contribution is 0.220. The smallest absolute Gasteiger partial charge is 0.321 e. The first-order valence-electron chi connectivity index (χ1n) is 7.95. The molecule has 0 aliphatic carbocycles. The quantitative estimate of drug-likeness (QED) is 0.878. The summed E-state index contributed by atoms with van der Waals surface area (Å²) in [5.74, 6) is 0. The van der Waals surface area contributed by atoms with Gasteiger partial charge in [0.25, 0.3) is 0 Å². The van der Waals surface area contributed by atoms with Crippen molar-refractivity contribution in [2.75, 3.05) is 30.4 Å². The zero-order valence-corrected chi connectivity index (χ0v) is 14.6. The fourth-order valence-electron chi connectivity index (χ4n) is 2.62. The first-order valence-corrected chi connectivity index (χ1v) is 8.33. The molecule has 1 heterocycles. The van der Waals surface area contributed by atoms with Crippen molar-refractivity contribution in [1.29, 1.82) is 0 Å². The maximum Gasteiger partial charge on any atom is 0.321 e. The highest BCUT2D eigenvalue weighted by molar-refractivity contribution is 6.30. The van der Waals surface area contributed by atoms with Gasteiger partial charge in [-0.3, -0.25) is 4.90 Å². The summed E-state index contributed by atoms with van der Waals surface area (Å²) < 4.78 is 0. The highest BCUT2D eigenvalue weighted by atomic mass is 35.5. The standard InChI is InChI=1S/C18H19ClN4O2/c1-22(12-13-5-7-14(19)8-6-13)18(25)21-15-3-2-4-16(11-15)23-10-9-20-17(23)24/h2-8,11H,9-10,12H2,1H3,(H,20,24)(H,21,25). The van der Waals surface area contributed by atoms with Gasteiger partial charge in [0.2, 0.25) is 0 Å². The zero-order valence-electron chi connectivity index (χ0n) is 13.8. The van der Waals surface area contributed by atoms with Gasteiger partial charge in [0.05, 0.1) is 0 Å². The second-order valence-corrected chi connectivity index (χ2v) is 6.28. The summed E-state index contributed by atoms with van der Waals surface area (Å²) in [7, 11) is 1.72. The molecule has 1 saturated heterocycles. The van der Waals surface area contributed by atoms with E-state index in [4.69, 9.17) is 11.6 Å². The second kappa shape index (κ2) is 7.44. The van der Waals surface area contributed by atoms with Crippen molar-refractivity contribution in [1.82, 2.24) is 10.2 Å². The van der Waals surface area contributed by atoms with E-state index < -0.39 is 0 Å². The van der Waals surface area contributed by atoms with Crippen molar-refractivity contribution in [2.45, 2.75) is 6.54 Å². The lowest BCUT2D eigenvalue weighted by Gasteiger charge is -2.19. The number of carbonyl (C=O) groups is 2. The van der Waals surface area contributed by atoms with Gasteiger partial charge < -0.3 is 15.5 Å². The monoisotopic (exact) mass is 358 g/mol. The third kappa shape index (κ3) is 4.22. The second-order valence-electron chi connectivity index (χ2n) is 5.85. The number of halogens is 1. The molecule has 4 amide bonds. The van der Waals surface area contributed by atoms with E-state index in [9.17, 15) is 9.59 Å². The van der Waals surface area contributed by atoms with Crippen molar-refractivity contribution in [3.8, 4) is 0 Å². The highest BCUT2D eigenvalue weighted by Crippen LogP contribution is 2.21. The molecule has 7 heteroatoms. The molecule has 25 heavy (non-hydrogen) atoms. The van der Waals surface area contributed by atoms with Crippen LogP contribution in [0.5, 0.6) is 0 Å². The van der Waals surface area contributed by atoms with Crippen molar-refractivity contribution >= 4 is 35.0 Å². The Labute approximate surface area is 151 Å². The molecule has 130 valence electrons. The van der Waals surface area contributed by atoms with Crippen LogP contribution in [0, 0.1) is 0 Å². The molecule has 0 spiro atoms. The van der Waals surface area contributed by atoms with E-state index in [1.165, 1.54) is 0 Å². The summed E-state index contributed by atoms with van der Waals surface area (Å²) in [5.41, 5.74) is 2.39. The lowest BCUT2D eigenvalue weighted by atomic mass is 10.2. The topological polar surface area (TPSA) is 64.7 Å². The van der Waals surface area contributed by atoms with Gasteiger partial charge >= 0.3 is 12.1 Å². The Hall–Kier alpha value is -2.73. The molecule has 2 aromatic carbocycles. The number of urea groups is 2. The number of carbonyl (C=O) groups excluding carboxylic acids is 2. The number of nitrogens with zero attached hydrogens (tertiary/aromatic N) is 2. The van der Waals surface area contributed by atoms with Gasteiger partial charge in [0, 0.05) is 43.1 Å². The van der Waals surface area contributed by atoms with E-state index in [0.29, 0.717) is 30.3 Å². The third-order valence-electron chi connectivity index (χ3n) is 3.95. The average molecular weight is 359 g/mol. The van der Waals surface area contributed by atoms with E-state index in [1.807, 2.05) is 24.3 Å². The van der Waals surface area contributed by atoms with Gasteiger partial charge in [0.1, 0.15) is 0 Å². The molecule has 1 aliphatic heterocycles. The van der Waals surface area contributed by atoms with Gasteiger partial charge in [0.15, 0.2) is 0 Å². The van der Waals surface area contributed by atoms with Gasteiger partial charge in [-0.15, -0.1) is 0 Å². The first-order chi connectivity index (χ1) is 12.0. The van der Waals surface area contributed by atoms with Crippen LogP contribution in [-0.2, 0) is 6.54 Å². The van der Waals surface area contributed by atoms with Gasteiger partial charge in [-0.2, -0.15) is 0 Å². The summed E-state index contributed by atoms with van der Waals surface area (Å²) in [5, 5.41) is 6.28. The Balaban J connectivity index is 1.64. The number of benzene rings is 2. The molecule has 3 rings (SSSR count). The molecular formula is C18H19ClN4O2. The predicted octanol–water partition coefficient (Wildman–Crippen LogP) is 3.53. The lowest BCUT2D eigenvalue weighted by Crippen LogP contribution is -2.31. The highest BCUT2D eigenvalue weighted by Gasteiger charge is 2.21. The van der Waals surface area contributed by atoms with Gasteiger partial charge in [-0.1, -0.05) is 29.8 Å². The van der Waals surface area contributed by atoms with E-state index in [1.54, 1.807) is 41.1 Å². The van der Waals surface area contributed by atoms with E-state index in [-0.39, 0.29) is 12.1 Å². The zero-order chi connectivity index (χ0) is 17.8. The van der Waals surface area contributed by atoms with Crippen molar-refractivity contribution in [2.24, 2.45) is 0 Å². The minimum absolute atomic E-state index is 0.122.